The van der Waals surface area contributed by atoms with Crippen LogP contribution in [0, 0.1) is 6.92 Å². The quantitative estimate of drug-likeness (QED) is 0.658. The average molecular weight is 435 g/mol. The van der Waals surface area contributed by atoms with E-state index in [-0.39, 0.29) is 11.8 Å². The van der Waals surface area contributed by atoms with E-state index >= 15 is 0 Å². The van der Waals surface area contributed by atoms with E-state index in [1.54, 1.807) is 9.80 Å². The lowest BCUT2D eigenvalue weighted by Gasteiger charge is -2.35. The molecule has 0 spiro atoms. The molecular weight excluding hydrogens is 398 g/mol. The molecule has 0 saturated carbocycles. The predicted molar refractivity (Wildman–Crippen MR) is 126 cm³/mol. The molecule has 170 valence electrons. The maximum atomic E-state index is 13.3. The fourth-order valence-electron chi connectivity index (χ4n) is 5.39. The van der Waals surface area contributed by atoms with Crippen molar-refractivity contribution in [3.05, 3.63) is 70.8 Å². The van der Waals surface area contributed by atoms with Gasteiger partial charge in [-0.3, -0.25) is 9.59 Å². The Kier molecular flexibility index (Phi) is 6.95. The summed E-state index contributed by atoms with van der Waals surface area (Å²) in [5.41, 5.74) is 3.66. The molecule has 2 aliphatic rings. The van der Waals surface area contributed by atoms with E-state index in [1.165, 1.54) is 24.8 Å². The largest absolute Gasteiger partial charge is 0.354 e. The third-order valence-corrected chi connectivity index (χ3v) is 7.26. The lowest BCUT2D eigenvalue weighted by atomic mass is 9.97. The lowest BCUT2D eigenvalue weighted by molar-refractivity contribution is -0.951. The first-order valence-corrected chi connectivity index (χ1v) is 12.0. The Morgan fingerprint density at radius 3 is 2.47 bits per heavy atom. The molecule has 2 aliphatic heterocycles. The number of rotatable bonds is 7. The Hall–Kier alpha value is -2.66. The maximum Gasteiger partial charge on any atom is 0.255 e. The number of carbonyl (C=O) groups excluding carboxylic acids is 2. The Morgan fingerprint density at radius 1 is 1.06 bits per heavy atom. The molecule has 4 rings (SSSR count). The highest BCUT2D eigenvalue weighted by atomic mass is 16.2. The molecule has 2 heterocycles. The monoisotopic (exact) mass is 434 g/mol. The third-order valence-electron chi connectivity index (χ3n) is 7.26. The van der Waals surface area contributed by atoms with Crippen LogP contribution in [0.25, 0.3) is 0 Å². The minimum absolute atomic E-state index is 0.0678. The van der Waals surface area contributed by atoms with E-state index in [1.807, 2.05) is 55.5 Å². The molecule has 1 fully saturated rings. The molecule has 2 amide bonds. The summed E-state index contributed by atoms with van der Waals surface area (Å²) in [6, 6.07) is 16.5. The second-order valence-corrected chi connectivity index (χ2v) is 9.61. The van der Waals surface area contributed by atoms with Crippen LogP contribution < -0.4 is 10.2 Å². The average Bonchev–Trinajstić information content (AvgIpc) is 3.06. The first kappa shape index (κ1) is 22.5. The van der Waals surface area contributed by atoms with E-state index in [0.717, 1.165) is 24.1 Å². The Bertz CT molecular complexity index is 946. The highest BCUT2D eigenvalue weighted by molar-refractivity contribution is 6.04. The molecule has 5 nitrogen and oxygen atoms in total. The third kappa shape index (κ3) is 4.73. The zero-order chi connectivity index (χ0) is 22.7. The number of carbonyl (C=O) groups is 2. The summed E-state index contributed by atoms with van der Waals surface area (Å²) in [6.45, 7) is 8.88. The number of fused-ring (bicyclic) bond motifs is 1. The van der Waals surface area contributed by atoms with Crippen molar-refractivity contribution in [3.8, 4) is 0 Å². The number of hydrogen-bond acceptors (Lipinski definition) is 2. The van der Waals surface area contributed by atoms with E-state index in [4.69, 9.17) is 0 Å². The van der Waals surface area contributed by atoms with Gasteiger partial charge in [-0.15, -0.1) is 0 Å². The molecule has 0 bridgehead atoms. The number of nitrogens with zero attached hydrogens (tertiary/aromatic N) is 1. The fraction of sp³-hybridized carbons (Fsp3) is 0.481. The molecule has 0 aromatic heterocycles. The highest BCUT2D eigenvalue weighted by Gasteiger charge is 2.40. The van der Waals surface area contributed by atoms with Crippen molar-refractivity contribution in [2.75, 3.05) is 13.1 Å². The normalized spacial score (nSPS) is 25.0. The first-order valence-electron chi connectivity index (χ1n) is 12.0. The summed E-state index contributed by atoms with van der Waals surface area (Å²) >= 11 is 0. The first-order chi connectivity index (χ1) is 15.5. The Labute approximate surface area is 191 Å². The van der Waals surface area contributed by atoms with Crippen LogP contribution in [0.2, 0.25) is 0 Å². The molecule has 32 heavy (non-hydrogen) atoms. The number of hydrogen-bond donors (Lipinski definition) is 2. The second-order valence-electron chi connectivity index (χ2n) is 9.61. The Morgan fingerprint density at radius 2 is 1.75 bits per heavy atom. The van der Waals surface area contributed by atoms with E-state index in [0.29, 0.717) is 30.7 Å². The highest BCUT2D eigenvalue weighted by Crippen LogP contribution is 2.35. The molecule has 3 atom stereocenters. The van der Waals surface area contributed by atoms with Gasteiger partial charge in [-0.05, 0) is 57.2 Å². The SMILES string of the molecule is Cc1ccc(CN2C(=O)c3ccccc3C2C(=O)NCCC[NH+]2C(C)CCCC2C)cc1. The zero-order valence-corrected chi connectivity index (χ0v) is 19.6. The number of amides is 2. The van der Waals surface area contributed by atoms with Gasteiger partial charge in [-0.2, -0.15) is 0 Å². The van der Waals surface area contributed by atoms with Gasteiger partial charge in [0.1, 0.15) is 6.04 Å². The number of quaternary nitrogens is 1. The van der Waals surface area contributed by atoms with Crippen molar-refractivity contribution in [1.29, 1.82) is 0 Å². The Balaban J connectivity index is 1.42. The number of likely N-dealkylation sites (tertiary alicyclic amines) is 1. The van der Waals surface area contributed by atoms with Crippen LogP contribution in [0.4, 0.5) is 0 Å². The number of benzene rings is 2. The molecule has 2 N–H and O–H groups in total. The van der Waals surface area contributed by atoms with Gasteiger partial charge in [0.05, 0.1) is 18.6 Å². The number of piperidine rings is 1. The van der Waals surface area contributed by atoms with E-state index in [2.05, 4.69) is 19.2 Å². The van der Waals surface area contributed by atoms with Gasteiger partial charge in [0.15, 0.2) is 0 Å². The van der Waals surface area contributed by atoms with Crippen LogP contribution in [0.15, 0.2) is 48.5 Å². The summed E-state index contributed by atoms with van der Waals surface area (Å²) in [6.07, 6.45) is 4.87. The standard InChI is InChI=1S/C27H35N3O2/c1-19-12-14-22(15-13-19)18-30-25(23-10-4-5-11-24(23)27(30)32)26(31)28-16-7-17-29-20(2)8-6-9-21(29)3/h4-5,10-15,20-21,25H,6-9,16-18H2,1-3H3,(H,28,31)/p+1. The fourth-order valence-corrected chi connectivity index (χ4v) is 5.39. The summed E-state index contributed by atoms with van der Waals surface area (Å²) in [4.78, 5) is 29.8. The van der Waals surface area contributed by atoms with Gasteiger partial charge >= 0.3 is 0 Å². The lowest BCUT2D eigenvalue weighted by Crippen LogP contribution is -3.19. The molecule has 2 aromatic carbocycles. The molecule has 3 unspecified atom stereocenters. The minimum atomic E-state index is -0.569. The summed E-state index contributed by atoms with van der Waals surface area (Å²) in [5.74, 6) is -0.146. The summed E-state index contributed by atoms with van der Waals surface area (Å²) < 4.78 is 0. The van der Waals surface area contributed by atoms with Crippen LogP contribution in [-0.2, 0) is 11.3 Å². The van der Waals surface area contributed by atoms with Crippen molar-refractivity contribution >= 4 is 11.8 Å². The van der Waals surface area contributed by atoms with Crippen molar-refractivity contribution in [2.45, 2.75) is 71.1 Å². The number of aryl methyl sites for hydroxylation is 1. The van der Waals surface area contributed by atoms with Crippen molar-refractivity contribution in [3.63, 3.8) is 0 Å². The smallest absolute Gasteiger partial charge is 0.255 e. The summed E-state index contributed by atoms with van der Waals surface area (Å²) in [7, 11) is 0. The van der Waals surface area contributed by atoms with Crippen LogP contribution in [-0.4, -0.2) is 41.9 Å². The van der Waals surface area contributed by atoms with Crippen LogP contribution in [0.5, 0.6) is 0 Å². The topological polar surface area (TPSA) is 53.9 Å². The van der Waals surface area contributed by atoms with Gasteiger partial charge < -0.3 is 15.1 Å². The predicted octanol–water partition coefficient (Wildman–Crippen LogP) is 3.04. The molecule has 0 aliphatic carbocycles. The van der Waals surface area contributed by atoms with Crippen molar-refractivity contribution < 1.29 is 14.5 Å². The molecule has 1 saturated heterocycles. The zero-order valence-electron chi connectivity index (χ0n) is 19.6. The minimum Gasteiger partial charge on any atom is -0.354 e. The van der Waals surface area contributed by atoms with Gasteiger partial charge in [0.2, 0.25) is 5.91 Å². The van der Waals surface area contributed by atoms with Crippen LogP contribution in [0.1, 0.15) is 72.6 Å². The van der Waals surface area contributed by atoms with E-state index < -0.39 is 6.04 Å². The second kappa shape index (κ2) is 9.86. The van der Waals surface area contributed by atoms with E-state index in [9.17, 15) is 9.59 Å². The van der Waals surface area contributed by atoms with Gasteiger partial charge in [-0.25, -0.2) is 0 Å². The van der Waals surface area contributed by atoms with Crippen molar-refractivity contribution in [2.24, 2.45) is 0 Å². The molecule has 5 heteroatoms. The van der Waals surface area contributed by atoms with Gasteiger partial charge in [-0.1, -0.05) is 48.0 Å². The molecule has 0 radical (unpaired) electrons. The van der Waals surface area contributed by atoms with Crippen LogP contribution >= 0.6 is 0 Å². The van der Waals surface area contributed by atoms with Gasteiger partial charge in [0, 0.05) is 25.1 Å². The van der Waals surface area contributed by atoms with Crippen LogP contribution in [0.3, 0.4) is 0 Å². The molecular formula is C27H36N3O2+. The number of nitrogens with one attached hydrogen (secondary N) is 2. The van der Waals surface area contributed by atoms with Crippen molar-refractivity contribution in [1.82, 2.24) is 10.2 Å². The summed E-state index contributed by atoms with van der Waals surface area (Å²) in [5, 5.41) is 3.13. The molecule has 2 aromatic rings. The maximum absolute atomic E-state index is 13.3. The van der Waals surface area contributed by atoms with Gasteiger partial charge in [0.25, 0.3) is 5.91 Å².